The molecule has 1 amide bonds. The maximum atomic E-state index is 12.4. The number of carbonyl (C=O) groups is 1. The van der Waals surface area contributed by atoms with Gasteiger partial charge in [-0.1, -0.05) is 6.07 Å². The number of rotatable bonds is 4. The van der Waals surface area contributed by atoms with E-state index >= 15 is 0 Å². The van der Waals surface area contributed by atoms with Gasteiger partial charge in [-0.3, -0.25) is 9.78 Å². The minimum absolute atomic E-state index is 0.201. The van der Waals surface area contributed by atoms with Crippen LogP contribution in [0.15, 0.2) is 29.6 Å². The van der Waals surface area contributed by atoms with Crippen LogP contribution in [0.3, 0.4) is 0 Å². The first-order valence-electron chi connectivity index (χ1n) is 7.67. The van der Waals surface area contributed by atoms with Crippen molar-refractivity contribution in [2.45, 2.75) is 25.4 Å². The fourth-order valence-corrected chi connectivity index (χ4v) is 3.33. The Morgan fingerprint density at radius 3 is 2.83 bits per heavy atom. The number of aliphatic hydroxyl groups is 1. The molecule has 1 fully saturated rings. The summed E-state index contributed by atoms with van der Waals surface area (Å²) in [6, 6.07) is 7.64. The molecule has 0 radical (unpaired) electrons. The highest BCUT2D eigenvalue weighted by Gasteiger charge is 2.30. The van der Waals surface area contributed by atoms with Gasteiger partial charge in [-0.15, -0.1) is 11.3 Å². The van der Waals surface area contributed by atoms with E-state index in [2.05, 4.69) is 10.3 Å². The summed E-state index contributed by atoms with van der Waals surface area (Å²) in [5, 5.41) is 15.2. The van der Waals surface area contributed by atoms with Gasteiger partial charge in [-0.05, 0) is 30.5 Å². The van der Waals surface area contributed by atoms with Crippen molar-refractivity contribution in [3.63, 3.8) is 0 Å². The lowest BCUT2D eigenvalue weighted by atomic mass is 9.94. The first kappa shape index (κ1) is 16.1. The Balaban J connectivity index is 1.67. The normalized spacial score (nSPS) is 17.0. The number of nitrogens with one attached hydrogen (secondary N) is 1. The topological polar surface area (TPSA) is 71.5 Å². The van der Waals surface area contributed by atoms with Crippen LogP contribution >= 0.6 is 11.3 Å². The first-order valence-corrected chi connectivity index (χ1v) is 8.55. The van der Waals surface area contributed by atoms with E-state index in [-0.39, 0.29) is 12.5 Å². The third-order valence-corrected chi connectivity index (χ3v) is 5.00. The van der Waals surface area contributed by atoms with Crippen molar-refractivity contribution in [1.82, 2.24) is 10.3 Å². The molecule has 0 aliphatic carbocycles. The van der Waals surface area contributed by atoms with Crippen LogP contribution in [0.4, 0.5) is 0 Å². The van der Waals surface area contributed by atoms with Gasteiger partial charge < -0.3 is 15.2 Å². The number of aromatic nitrogens is 1. The van der Waals surface area contributed by atoms with Gasteiger partial charge >= 0.3 is 0 Å². The summed E-state index contributed by atoms with van der Waals surface area (Å²) in [6.07, 6.45) is 1.09. The molecule has 5 nitrogen and oxygen atoms in total. The molecule has 0 atom stereocenters. The molecule has 1 aliphatic heterocycles. The lowest BCUT2D eigenvalue weighted by Gasteiger charge is -2.32. The zero-order valence-corrected chi connectivity index (χ0v) is 13.9. The number of carbonyl (C=O) groups excluding carboxylic acids is 1. The predicted octanol–water partition coefficient (Wildman–Crippen LogP) is 2.39. The molecule has 2 aromatic heterocycles. The Hall–Kier alpha value is -1.76. The maximum Gasteiger partial charge on any atom is 0.253 e. The van der Waals surface area contributed by atoms with E-state index in [0.717, 1.165) is 10.6 Å². The Labute approximate surface area is 139 Å². The van der Waals surface area contributed by atoms with Crippen LogP contribution in [0.2, 0.25) is 0 Å². The van der Waals surface area contributed by atoms with E-state index < -0.39 is 5.60 Å². The van der Waals surface area contributed by atoms with Gasteiger partial charge in [0.25, 0.3) is 5.91 Å². The number of hydrogen-bond donors (Lipinski definition) is 2. The second-order valence-corrected chi connectivity index (χ2v) is 6.77. The zero-order valence-electron chi connectivity index (χ0n) is 13.0. The van der Waals surface area contributed by atoms with Crippen LogP contribution in [0, 0.1) is 6.92 Å². The van der Waals surface area contributed by atoms with Crippen molar-refractivity contribution in [2.75, 3.05) is 19.8 Å². The molecule has 3 rings (SSSR count). The van der Waals surface area contributed by atoms with E-state index in [0.29, 0.717) is 37.3 Å². The minimum Gasteiger partial charge on any atom is -0.388 e. The fourth-order valence-electron chi connectivity index (χ4n) is 2.63. The molecule has 1 saturated heterocycles. The quantitative estimate of drug-likeness (QED) is 0.902. The smallest absolute Gasteiger partial charge is 0.253 e. The lowest BCUT2D eigenvalue weighted by molar-refractivity contribution is -0.0605. The molecule has 0 saturated carbocycles. The van der Waals surface area contributed by atoms with Gasteiger partial charge in [0, 0.05) is 32.6 Å². The summed E-state index contributed by atoms with van der Waals surface area (Å²) in [5.41, 5.74) is 1.23. The maximum absolute atomic E-state index is 12.4. The number of thiophene rings is 1. The molecule has 2 aromatic rings. The van der Waals surface area contributed by atoms with Crippen LogP contribution in [0.5, 0.6) is 0 Å². The number of pyridine rings is 1. The van der Waals surface area contributed by atoms with E-state index in [1.54, 1.807) is 17.4 Å². The average Bonchev–Trinajstić information content (AvgIpc) is 3.08. The molecule has 0 spiro atoms. The fraction of sp³-hybridized carbons (Fsp3) is 0.412. The summed E-state index contributed by atoms with van der Waals surface area (Å²) in [5.74, 6) is -0.201. The highest BCUT2D eigenvalue weighted by molar-refractivity contribution is 7.13. The van der Waals surface area contributed by atoms with Gasteiger partial charge in [0.05, 0.1) is 27.4 Å². The molecular weight excluding hydrogens is 312 g/mol. The zero-order chi connectivity index (χ0) is 16.3. The summed E-state index contributed by atoms with van der Waals surface area (Å²) >= 11 is 1.62. The summed E-state index contributed by atoms with van der Waals surface area (Å²) < 4.78 is 5.24. The van der Waals surface area contributed by atoms with Crippen molar-refractivity contribution >= 4 is 17.2 Å². The number of hydrogen-bond acceptors (Lipinski definition) is 5. The second-order valence-electron chi connectivity index (χ2n) is 5.83. The molecule has 122 valence electrons. The van der Waals surface area contributed by atoms with Crippen molar-refractivity contribution in [3.8, 4) is 10.6 Å². The van der Waals surface area contributed by atoms with Gasteiger partial charge in [0.2, 0.25) is 0 Å². The standard InChI is InChI=1S/C17H20N2O3S/c1-12-13(4-5-14(19-12)15-3-2-10-23-15)16(20)18-11-17(21)6-8-22-9-7-17/h2-5,10,21H,6-9,11H2,1H3,(H,18,20). The van der Waals surface area contributed by atoms with Crippen molar-refractivity contribution < 1.29 is 14.6 Å². The van der Waals surface area contributed by atoms with E-state index in [9.17, 15) is 9.90 Å². The number of ether oxygens (including phenoxy) is 1. The van der Waals surface area contributed by atoms with Crippen LogP contribution < -0.4 is 5.32 Å². The molecule has 2 N–H and O–H groups in total. The average molecular weight is 332 g/mol. The van der Waals surface area contributed by atoms with Gasteiger partial charge in [-0.25, -0.2) is 0 Å². The SMILES string of the molecule is Cc1nc(-c2cccs2)ccc1C(=O)NCC1(O)CCOCC1. The number of aryl methyl sites for hydroxylation is 1. The van der Waals surface area contributed by atoms with E-state index in [1.807, 2.05) is 30.5 Å². The monoisotopic (exact) mass is 332 g/mol. The second kappa shape index (κ2) is 6.78. The predicted molar refractivity (Wildman–Crippen MR) is 89.6 cm³/mol. The van der Waals surface area contributed by atoms with Crippen LogP contribution in [0.1, 0.15) is 28.9 Å². The molecule has 0 aromatic carbocycles. The highest BCUT2D eigenvalue weighted by atomic mass is 32.1. The molecule has 1 aliphatic rings. The molecule has 6 heteroatoms. The molecule has 0 unspecified atom stereocenters. The van der Waals surface area contributed by atoms with Crippen LogP contribution in [-0.2, 0) is 4.74 Å². The van der Waals surface area contributed by atoms with Gasteiger partial charge in [0.15, 0.2) is 0 Å². The largest absolute Gasteiger partial charge is 0.388 e. The minimum atomic E-state index is -0.869. The molecule has 23 heavy (non-hydrogen) atoms. The number of nitrogens with zero attached hydrogens (tertiary/aromatic N) is 1. The summed E-state index contributed by atoms with van der Waals surface area (Å²) in [4.78, 5) is 18.0. The summed E-state index contributed by atoms with van der Waals surface area (Å²) in [6.45, 7) is 3.13. The lowest BCUT2D eigenvalue weighted by Crippen LogP contribution is -2.46. The Morgan fingerprint density at radius 1 is 1.39 bits per heavy atom. The summed E-state index contributed by atoms with van der Waals surface area (Å²) in [7, 11) is 0. The Morgan fingerprint density at radius 2 is 2.17 bits per heavy atom. The Bertz CT molecular complexity index is 679. The van der Waals surface area contributed by atoms with Crippen molar-refractivity contribution in [3.05, 3.63) is 40.9 Å². The Kier molecular flexibility index (Phi) is 4.75. The van der Waals surface area contributed by atoms with E-state index in [1.165, 1.54) is 0 Å². The number of amides is 1. The van der Waals surface area contributed by atoms with Gasteiger partial charge in [0.1, 0.15) is 0 Å². The van der Waals surface area contributed by atoms with Crippen LogP contribution in [-0.4, -0.2) is 41.4 Å². The molecule has 0 bridgehead atoms. The first-order chi connectivity index (χ1) is 11.1. The van der Waals surface area contributed by atoms with Crippen LogP contribution in [0.25, 0.3) is 10.6 Å². The van der Waals surface area contributed by atoms with Gasteiger partial charge in [-0.2, -0.15) is 0 Å². The van der Waals surface area contributed by atoms with E-state index in [4.69, 9.17) is 4.74 Å². The third-order valence-electron chi connectivity index (χ3n) is 4.11. The molecular formula is C17H20N2O3S. The molecule has 3 heterocycles. The van der Waals surface area contributed by atoms with Crippen molar-refractivity contribution in [1.29, 1.82) is 0 Å². The highest BCUT2D eigenvalue weighted by Crippen LogP contribution is 2.24. The third kappa shape index (κ3) is 3.77. The van der Waals surface area contributed by atoms with Crippen molar-refractivity contribution in [2.24, 2.45) is 0 Å².